The SMILES string of the molecule is N=C1CCCCC1C1=CC=CC=CN1. The summed E-state index contributed by atoms with van der Waals surface area (Å²) >= 11 is 0. The Hall–Kier alpha value is -1.31. The van der Waals surface area contributed by atoms with Gasteiger partial charge in [-0.25, -0.2) is 0 Å². The molecule has 0 aromatic heterocycles. The predicted molar refractivity (Wildman–Crippen MR) is 59.2 cm³/mol. The zero-order valence-electron chi connectivity index (χ0n) is 8.29. The Labute approximate surface area is 84.9 Å². The van der Waals surface area contributed by atoms with Gasteiger partial charge in [-0.2, -0.15) is 0 Å². The fourth-order valence-electron chi connectivity index (χ4n) is 2.04. The zero-order chi connectivity index (χ0) is 9.80. The Kier molecular flexibility index (Phi) is 2.82. The van der Waals surface area contributed by atoms with Crippen LogP contribution in [0, 0.1) is 11.3 Å². The monoisotopic (exact) mass is 188 g/mol. The van der Waals surface area contributed by atoms with Crippen LogP contribution < -0.4 is 5.32 Å². The summed E-state index contributed by atoms with van der Waals surface area (Å²) in [5, 5.41) is 11.2. The van der Waals surface area contributed by atoms with Crippen LogP contribution in [0.3, 0.4) is 0 Å². The summed E-state index contributed by atoms with van der Waals surface area (Å²) in [6.45, 7) is 0. The predicted octanol–water partition coefficient (Wildman–Crippen LogP) is 2.75. The van der Waals surface area contributed by atoms with Crippen LogP contribution in [0.1, 0.15) is 25.7 Å². The Morgan fingerprint density at radius 3 is 3.00 bits per heavy atom. The highest BCUT2D eigenvalue weighted by Crippen LogP contribution is 2.26. The fraction of sp³-hybridized carbons (Fsp3) is 0.417. The molecule has 0 saturated heterocycles. The molecule has 2 rings (SSSR count). The average Bonchev–Trinajstić information content (AvgIpc) is 2.47. The van der Waals surface area contributed by atoms with Gasteiger partial charge in [-0.3, -0.25) is 0 Å². The van der Waals surface area contributed by atoms with Crippen molar-refractivity contribution in [3.8, 4) is 0 Å². The first-order valence-corrected chi connectivity index (χ1v) is 5.25. The molecule has 1 saturated carbocycles. The van der Waals surface area contributed by atoms with E-state index in [1.165, 1.54) is 18.5 Å². The van der Waals surface area contributed by atoms with Gasteiger partial charge in [-0.1, -0.05) is 18.6 Å². The maximum absolute atomic E-state index is 7.92. The lowest BCUT2D eigenvalue weighted by Crippen LogP contribution is -2.25. The first kappa shape index (κ1) is 9.25. The van der Waals surface area contributed by atoms with Crippen molar-refractivity contribution in [2.24, 2.45) is 5.92 Å². The molecule has 2 N–H and O–H groups in total. The first-order valence-electron chi connectivity index (χ1n) is 5.25. The summed E-state index contributed by atoms with van der Waals surface area (Å²) in [6.07, 6.45) is 14.6. The molecule has 1 unspecified atom stereocenters. The van der Waals surface area contributed by atoms with Crippen molar-refractivity contribution in [1.29, 1.82) is 5.41 Å². The lowest BCUT2D eigenvalue weighted by Gasteiger charge is -2.25. The van der Waals surface area contributed by atoms with E-state index >= 15 is 0 Å². The Bertz CT molecular complexity index is 310. The van der Waals surface area contributed by atoms with E-state index in [4.69, 9.17) is 5.41 Å². The maximum Gasteiger partial charge on any atom is 0.0367 e. The summed E-state index contributed by atoms with van der Waals surface area (Å²) in [4.78, 5) is 0. The van der Waals surface area contributed by atoms with Crippen LogP contribution in [0.5, 0.6) is 0 Å². The van der Waals surface area contributed by atoms with Crippen LogP contribution in [-0.4, -0.2) is 5.71 Å². The second-order valence-corrected chi connectivity index (χ2v) is 3.83. The highest BCUT2D eigenvalue weighted by molar-refractivity contribution is 5.86. The van der Waals surface area contributed by atoms with Gasteiger partial charge >= 0.3 is 0 Å². The van der Waals surface area contributed by atoms with Crippen molar-refractivity contribution < 1.29 is 0 Å². The molecule has 0 spiro atoms. The molecule has 2 heteroatoms. The minimum atomic E-state index is 0.330. The molecule has 1 heterocycles. The summed E-state index contributed by atoms with van der Waals surface area (Å²) in [5.41, 5.74) is 2.07. The van der Waals surface area contributed by atoms with Gasteiger partial charge in [0, 0.05) is 23.5 Å². The molecule has 1 atom stereocenters. The first-order chi connectivity index (χ1) is 6.88. The molecule has 0 amide bonds. The molecule has 0 bridgehead atoms. The number of allylic oxidation sites excluding steroid dienone is 5. The topological polar surface area (TPSA) is 35.9 Å². The van der Waals surface area contributed by atoms with Gasteiger partial charge in [0.05, 0.1) is 0 Å². The third-order valence-electron chi connectivity index (χ3n) is 2.83. The molecule has 14 heavy (non-hydrogen) atoms. The van der Waals surface area contributed by atoms with E-state index < -0.39 is 0 Å². The van der Waals surface area contributed by atoms with Gasteiger partial charge < -0.3 is 10.7 Å². The minimum absolute atomic E-state index is 0.330. The van der Waals surface area contributed by atoms with E-state index in [0.717, 1.165) is 18.6 Å². The van der Waals surface area contributed by atoms with E-state index in [-0.39, 0.29) is 0 Å². The van der Waals surface area contributed by atoms with Gasteiger partial charge in [0.2, 0.25) is 0 Å². The van der Waals surface area contributed by atoms with Crippen LogP contribution >= 0.6 is 0 Å². The molecule has 1 fully saturated rings. The van der Waals surface area contributed by atoms with E-state index in [9.17, 15) is 0 Å². The van der Waals surface area contributed by atoms with Crippen LogP contribution in [0.15, 0.2) is 36.2 Å². The molecular weight excluding hydrogens is 172 g/mol. The number of hydrogen-bond donors (Lipinski definition) is 2. The lowest BCUT2D eigenvalue weighted by atomic mass is 9.85. The molecule has 0 radical (unpaired) electrons. The second kappa shape index (κ2) is 4.27. The fourth-order valence-corrected chi connectivity index (χ4v) is 2.04. The normalized spacial score (nSPS) is 26.7. The lowest BCUT2D eigenvalue weighted by molar-refractivity contribution is 0.558. The smallest absolute Gasteiger partial charge is 0.0367 e. The Morgan fingerprint density at radius 2 is 2.14 bits per heavy atom. The highest BCUT2D eigenvalue weighted by atomic mass is 14.9. The van der Waals surface area contributed by atoms with Crippen molar-refractivity contribution >= 4 is 5.71 Å². The quantitative estimate of drug-likeness (QED) is 0.652. The van der Waals surface area contributed by atoms with Crippen molar-refractivity contribution in [3.05, 3.63) is 36.2 Å². The zero-order valence-corrected chi connectivity index (χ0v) is 8.29. The van der Waals surface area contributed by atoms with E-state index in [1.807, 2.05) is 24.4 Å². The molecule has 1 aliphatic heterocycles. The van der Waals surface area contributed by atoms with Gasteiger partial charge in [-0.15, -0.1) is 0 Å². The van der Waals surface area contributed by atoms with Crippen molar-refractivity contribution in [3.63, 3.8) is 0 Å². The molecule has 2 nitrogen and oxygen atoms in total. The van der Waals surface area contributed by atoms with Crippen LogP contribution in [0.4, 0.5) is 0 Å². The highest BCUT2D eigenvalue weighted by Gasteiger charge is 2.22. The van der Waals surface area contributed by atoms with Crippen molar-refractivity contribution in [2.45, 2.75) is 25.7 Å². The molecule has 0 aromatic rings. The summed E-state index contributed by atoms with van der Waals surface area (Å²) in [5.74, 6) is 0.330. The summed E-state index contributed by atoms with van der Waals surface area (Å²) < 4.78 is 0. The second-order valence-electron chi connectivity index (χ2n) is 3.83. The summed E-state index contributed by atoms with van der Waals surface area (Å²) in [7, 11) is 0. The van der Waals surface area contributed by atoms with Gasteiger partial charge in [0.15, 0.2) is 0 Å². The van der Waals surface area contributed by atoms with E-state index in [1.54, 1.807) is 0 Å². The van der Waals surface area contributed by atoms with Gasteiger partial charge in [0.1, 0.15) is 0 Å². The molecule has 74 valence electrons. The minimum Gasteiger partial charge on any atom is -0.364 e. The standard InChI is InChI=1S/C12H16N2/c13-11-7-4-3-6-10(11)12-8-2-1-5-9-14-12/h1-2,5,8-10,13-14H,3-4,6-7H2. The summed E-state index contributed by atoms with van der Waals surface area (Å²) in [6, 6.07) is 0. The van der Waals surface area contributed by atoms with E-state index in [2.05, 4.69) is 11.4 Å². The molecule has 2 aliphatic rings. The van der Waals surface area contributed by atoms with Gasteiger partial charge in [-0.05, 0) is 31.4 Å². The number of hydrogen-bond acceptors (Lipinski definition) is 2. The van der Waals surface area contributed by atoms with Crippen LogP contribution in [0.2, 0.25) is 0 Å². The van der Waals surface area contributed by atoms with Gasteiger partial charge in [0.25, 0.3) is 0 Å². The third kappa shape index (κ3) is 1.95. The number of nitrogens with one attached hydrogen (secondary N) is 2. The van der Waals surface area contributed by atoms with Crippen molar-refractivity contribution in [2.75, 3.05) is 0 Å². The Balaban J connectivity index is 2.12. The maximum atomic E-state index is 7.92. The van der Waals surface area contributed by atoms with Crippen LogP contribution in [0.25, 0.3) is 0 Å². The van der Waals surface area contributed by atoms with Crippen LogP contribution in [-0.2, 0) is 0 Å². The Morgan fingerprint density at radius 1 is 1.21 bits per heavy atom. The number of rotatable bonds is 1. The third-order valence-corrected chi connectivity index (χ3v) is 2.83. The van der Waals surface area contributed by atoms with E-state index in [0.29, 0.717) is 5.92 Å². The molecule has 1 aliphatic carbocycles. The average molecular weight is 188 g/mol. The van der Waals surface area contributed by atoms with Crippen molar-refractivity contribution in [1.82, 2.24) is 5.32 Å². The largest absolute Gasteiger partial charge is 0.364 e. The molecular formula is C12H16N2. The molecule has 0 aromatic carbocycles.